The first-order valence-electron chi connectivity index (χ1n) is 10.4. The van der Waals surface area contributed by atoms with Gasteiger partial charge in [-0.25, -0.2) is 4.98 Å². The average Bonchev–Trinajstić information content (AvgIpc) is 3.30. The fraction of sp³-hybridized carbons (Fsp3) is 0.154. The van der Waals surface area contributed by atoms with Gasteiger partial charge in [0.2, 0.25) is 0 Å². The van der Waals surface area contributed by atoms with Crippen LogP contribution in [-0.2, 0) is 4.79 Å². The van der Waals surface area contributed by atoms with Crippen molar-refractivity contribution in [1.82, 2.24) is 9.38 Å². The molecule has 0 bridgehead atoms. The highest BCUT2D eigenvalue weighted by atomic mass is 16.2. The number of nitrogens with zero attached hydrogens (tertiary/aromatic N) is 5. The summed E-state index contributed by atoms with van der Waals surface area (Å²) in [5.74, 6) is -0.181. The minimum absolute atomic E-state index is 0.181. The molecule has 0 N–H and O–H groups in total. The number of benzene rings is 2. The predicted molar refractivity (Wildman–Crippen MR) is 127 cm³/mol. The second-order valence-electron chi connectivity index (χ2n) is 8.07. The molecule has 2 aromatic heterocycles. The van der Waals surface area contributed by atoms with Crippen molar-refractivity contribution in [3.05, 3.63) is 82.1 Å². The van der Waals surface area contributed by atoms with E-state index in [9.17, 15) is 10.1 Å². The quantitative estimate of drug-likeness (QED) is 0.425. The molecule has 6 heteroatoms. The summed E-state index contributed by atoms with van der Waals surface area (Å²) in [6, 6.07) is 17.8. The van der Waals surface area contributed by atoms with Gasteiger partial charge in [0, 0.05) is 5.69 Å². The maximum absolute atomic E-state index is 13.3. The van der Waals surface area contributed by atoms with Crippen molar-refractivity contribution in [3.63, 3.8) is 0 Å². The Morgan fingerprint density at radius 2 is 1.72 bits per heavy atom. The summed E-state index contributed by atoms with van der Waals surface area (Å²) in [7, 11) is 0. The van der Waals surface area contributed by atoms with E-state index >= 15 is 0 Å². The third-order valence-electron chi connectivity index (χ3n) is 6.03. The monoisotopic (exact) mass is 419 g/mol. The minimum atomic E-state index is -0.181. The highest BCUT2D eigenvalue weighted by Gasteiger charge is 2.29. The molecule has 1 aliphatic heterocycles. The highest BCUT2D eigenvalue weighted by molar-refractivity contribution is 6.32. The van der Waals surface area contributed by atoms with Crippen LogP contribution < -0.4 is 5.01 Å². The number of pyridine rings is 1. The summed E-state index contributed by atoms with van der Waals surface area (Å²) in [5.41, 5.74) is 8.47. The second-order valence-corrected chi connectivity index (χ2v) is 8.07. The summed E-state index contributed by atoms with van der Waals surface area (Å²) in [6.45, 7) is 7.73. The minimum Gasteiger partial charge on any atom is -0.295 e. The maximum atomic E-state index is 13.3. The van der Waals surface area contributed by atoms with Crippen LogP contribution in [0.2, 0.25) is 0 Å². The lowest BCUT2D eigenvalue weighted by molar-refractivity contribution is -0.114. The van der Waals surface area contributed by atoms with Crippen LogP contribution >= 0.6 is 0 Å². The molecule has 0 fully saturated rings. The third kappa shape index (κ3) is 2.83. The topological polar surface area (TPSA) is 73.8 Å². The molecule has 5 rings (SSSR count). The lowest BCUT2D eigenvalue weighted by atomic mass is 9.98. The molecule has 32 heavy (non-hydrogen) atoms. The Morgan fingerprint density at radius 1 is 1.00 bits per heavy atom. The number of hydrogen-bond donors (Lipinski definition) is 0. The molecule has 0 radical (unpaired) electrons. The first-order valence-corrected chi connectivity index (χ1v) is 10.4. The number of carbonyl (C=O) groups excluding carboxylic acids is 1. The molecule has 3 heterocycles. The summed E-state index contributed by atoms with van der Waals surface area (Å²) < 4.78 is 2.00. The number of imidazole rings is 1. The number of anilines is 1. The zero-order valence-electron chi connectivity index (χ0n) is 18.3. The number of hydrazone groups is 1. The van der Waals surface area contributed by atoms with Crippen molar-refractivity contribution in [1.29, 1.82) is 5.26 Å². The molecule has 1 amide bonds. The number of fused-ring (bicyclic) bond motifs is 3. The summed E-state index contributed by atoms with van der Waals surface area (Å²) >= 11 is 0. The van der Waals surface area contributed by atoms with Crippen molar-refractivity contribution in [2.75, 3.05) is 5.01 Å². The Hall–Kier alpha value is -4.24. The number of nitriles is 1. The number of aryl methyl sites for hydroxylation is 2. The molecule has 0 saturated heterocycles. The average molecular weight is 419 g/mol. The van der Waals surface area contributed by atoms with E-state index in [1.807, 2.05) is 86.7 Å². The molecule has 0 saturated carbocycles. The van der Waals surface area contributed by atoms with Crippen molar-refractivity contribution >= 4 is 40.1 Å². The standard InChI is InChI=1S/C26H21N5O/c1-15-9-11-19(12-10-15)31-26(32)21(17(3)29-31)13-20-16(2)22(14-27)25-28-23-7-5-6-8-24(23)30(25)18(20)4/h5-13H,1-4H3/b21-13-. The molecule has 4 aromatic rings. The van der Waals surface area contributed by atoms with Crippen LogP contribution in [0.5, 0.6) is 0 Å². The summed E-state index contributed by atoms with van der Waals surface area (Å²) in [6.07, 6.45) is 1.86. The second kappa shape index (κ2) is 7.17. The van der Waals surface area contributed by atoms with Gasteiger partial charge in [-0.1, -0.05) is 29.8 Å². The fourth-order valence-electron chi connectivity index (χ4n) is 4.26. The SMILES string of the molecule is CC1=NN(c2ccc(C)cc2)C(=O)/C1=C\c1c(C)c(C#N)c2nc3ccccc3n2c1C. The lowest BCUT2D eigenvalue weighted by Crippen LogP contribution is -2.21. The smallest absolute Gasteiger partial charge is 0.280 e. The van der Waals surface area contributed by atoms with E-state index in [4.69, 9.17) is 4.98 Å². The van der Waals surface area contributed by atoms with E-state index < -0.39 is 0 Å². The summed E-state index contributed by atoms with van der Waals surface area (Å²) in [5, 5.41) is 15.8. The molecule has 0 unspecified atom stereocenters. The van der Waals surface area contributed by atoms with Gasteiger partial charge >= 0.3 is 0 Å². The Kier molecular flexibility index (Phi) is 4.42. The zero-order valence-corrected chi connectivity index (χ0v) is 18.3. The highest BCUT2D eigenvalue weighted by Crippen LogP contribution is 2.31. The van der Waals surface area contributed by atoms with E-state index in [0.717, 1.165) is 39.1 Å². The van der Waals surface area contributed by atoms with Crippen LogP contribution in [0.1, 0.15) is 34.9 Å². The van der Waals surface area contributed by atoms with Gasteiger partial charge in [-0.15, -0.1) is 0 Å². The van der Waals surface area contributed by atoms with Gasteiger partial charge in [-0.2, -0.15) is 15.4 Å². The molecule has 0 spiro atoms. The predicted octanol–water partition coefficient (Wildman–Crippen LogP) is 5.09. The number of para-hydroxylation sites is 2. The van der Waals surface area contributed by atoms with Crippen LogP contribution in [-0.4, -0.2) is 21.0 Å². The van der Waals surface area contributed by atoms with Crippen molar-refractivity contribution in [3.8, 4) is 6.07 Å². The molecular formula is C26H21N5O. The van der Waals surface area contributed by atoms with Crippen LogP contribution in [0.25, 0.3) is 22.8 Å². The van der Waals surface area contributed by atoms with Crippen molar-refractivity contribution in [2.24, 2.45) is 5.10 Å². The van der Waals surface area contributed by atoms with Gasteiger partial charge in [0.05, 0.1) is 33.6 Å². The Morgan fingerprint density at radius 3 is 2.44 bits per heavy atom. The molecule has 1 aliphatic rings. The van der Waals surface area contributed by atoms with Crippen LogP contribution in [0.3, 0.4) is 0 Å². The van der Waals surface area contributed by atoms with Gasteiger partial charge in [-0.3, -0.25) is 9.20 Å². The molecule has 2 aromatic carbocycles. The lowest BCUT2D eigenvalue weighted by Gasteiger charge is -2.14. The Bertz CT molecular complexity index is 1530. The van der Waals surface area contributed by atoms with Crippen LogP contribution in [0.15, 0.2) is 59.2 Å². The van der Waals surface area contributed by atoms with Gasteiger partial charge in [0.15, 0.2) is 5.65 Å². The van der Waals surface area contributed by atoms with E-state index in [1.54, 1.807) is 0 Å². The maximum Gasteiger partial charge on any atom is 0.280 e. The van der Waals surface area contributed by atoms with Gasteiger partial charge in [0.25, 0.3) is 5.91 Å². The molecule has 6 nitrogen and oxygen atoms in total. The molecule has 0 aliphatic carbocycles. The zero-order chi connectivity index (χ0) is 22.6. The van der Waals surface area contributed by atoms with Crippen molar-refractivity contribution in [2.45, 2.75) is 27.7 Å². The van der Waals surface area contributed by atoms with E-state index in [2.05, 4.69) is 11.2 Å². The third-order valence-corrected chi connectivity index (χ3v) is 6.03. The number of hydrogen-bond acceptors (Lipinski definition) is 4. The number of aromatic nitrogens is 2. The number of amides is 1. The van der Waals surface area contributed by atoms with E-state index in [0.29, 0.717) is 22.5 Å². The van der Waals surface area contributed by atoms with Crippen molar-refractivity contribution < 1.29 is 4.79 Å². The first kappa shape index (κ1) is 19.7. The first-order chi connectivity index (χ1) is 15.4. The molecular weight excluding hydrogens is 398 g/mol. The molecule has 0 atom stereocenters. The Balaban J connectivity index is 1.71. The van der Waals surface area contributed by atoms with Crippen LogP contribution in [0, 0.1) is 32.1 Å². The van der Waals surface area contributed by atoms with Gasteiger partial charge < -0.3 is 0 Å². The van der Waals surface area contributed by atoms with Gasteiger partial charge in [0.1, 0.15) is 6.07 Å². The normalized spacial score (nSPS) is 15.1. The van der Waals surface area contributed by atoms with E-state index in [-0.39, 0.29) is 5.91 Å². The van der Waals surface area contributed by atoms with Crippen LogP contribution in [0.4, 0.5) is 5.69 Å². The largest absolute Gasteiger partial charge is 0.295 e. The summed E-state index contributed by atoms with van der Waals surface area (Å²) in [4.78, 5) is 18.0. The van der Waals surface area contributed by atoms with E-state index in [1.165, 1.54) is 5.01 Å². The number of carbonyl (C=O) groups is 1. The van der Waals surface area contributed by atoms with Gasteiger partial charge in [-0.05, 0) is 69.2 Å². The number of rotatable bonds is 2. The Labute approximate surface area is 185 Å². The molecule has 156 valence electrons. The fourth-order valence-corrected chi connectivity index (χ4v) is 4.26.